The fourth-order valence-corrected chi connectivity index (χ4v) is 6.13. The van der Waals surface area contributed by atoms with Gasteiger partial charge in [0.1, 0.15) is 5.69 Å². The summed E-state index contributed by atoms with van der Waals surface area (Å²) in [7, 11) is 0. The van der Waals surface area contributed by atoms with Gasteiger partial charge in [-0.2, -0.15) is 0 Å². The molecule has 0 aromatic heterocycles. The lowest BCUT2D eigenvalue weighted by Gasteiger charge is -2.56. The predicted octanol–water partition coefficient (Wildman–Crippen LogP) is 4.01. The van der Waals surface area contributed by atoms with Gasteiger partial charge in [0, 0.05) is 12.5 Å². The first kappa shape index (κ1) is 17.4. The number of hydrogen-bond acceptors (Lipinski definition) is 4. The van der Waals surface area contributed by atoms with E-state index in [-0.39, 0.29) is 27.8 Å². The zero-order valence-electron chi connectivity index (χ0n) is 14.6. The first-order valence-corrected chi connectivity index (χ1v) is 9.67. The van der Waals surface area contributed by atoms with Crippen LogP contribution in [0, 0.1) is 33.3 Å². The van der Waals surface area contributed by atoms with E-state index < -0.39 is 4.92 Å². The number of nitro benzene ring substituents is 1. The standard InChI is InChI=1S/C19H23N3O3S/c23-17(11-19-8-12-5-13(9-19)7-14(6-12)10-19)21-18(26)20-15-3-1-2-4-16(15)22(24)25/h1-4,12-14H,5-11H2,(H2,20,21,23,26). The van der Waals surface area contributed by atoms with Crippen LogP contribution in [0.5, 0.6) is 0 Å². The van der Waals surface area contributed by atoms with Gasteiger partial charge in [0.25, 0.3) is 5.69 Å². The molecule has 0 atom stereocenters. The van der Waals surface area contributed by atoms with Crippen molar-refractivity contribution >= 4 is 34.6 Å². The van der Waals surface area contributed by atoms with Crippen molar-refractivity contribution in [2.24, 2.45) is 23.2 Å². The van der Waals surface area contributed by atoms with Crippen molar-refractivity contribution in [1.29, 1.82) is 0 Å². The topological polar surface area (TPSA) is 84.3 Å². The molecule has 0 aliphatic heterocycles. The molecule has 5 rings (SSSR count). The van der Waals surface area contributed by atoms with E-state index >= 15 is 0 Å². The smallest absolute Gasteiger partial charge is 0.292 e. The Kier molecular flexibility index (Phi) is 4.42. The summed E-state index contributed by atoms with van der Waals surface area (Å²) >= 11 is 5.20. The second-order valence-corrected chi connectivity index (χ2v) is 8.78. The molecular formula is C19H23N3O3S. The number of nitrogens with zero attached hydrogens (tertiary/aromatic N) is 1. The van der Waals surface area contributed by atoms with Crippen LogP contribution in [-0.4, -0.2) is 15.9 Å². The second kappa shape index (κ2) is 6.61. The lowest BCUT2D eigenvalue weighted by molar-refractivity contribution is -0.383. The minimum Gasteiger partial charge on any atom is -0.327 e. The number of thiocarbonyl (C=S) groups is 1. The number of carbonyl (C=O) groups excluding carboxylic acids is 1. The normalized spacial score (nSPS) is 31.5. The second-order valence-electron chi connectivity index (χ2n) is 8.37. The quantitative estimate of drug-likeness (QED) is 0.473. The van der Waals surface area contributed by atoms with Gasteiger partial charge in [-0.05, 0) is 80.0 Å². The SMILES string of the molecule is O=C(CC12CC3CC(CC(C3)C1)C2)NC(=S)Nc1ccccc1[N+](=O)[O-]. The molecule has 7 heteroatoms. The number of amides is 1. The molecule has 1 aromatic carbocycles. The first-order valence-electron chi connectivity index (χ1n) is 9.27. The summed E-state index contributed by atoms with van der Waals surface area (Å²) in [5, 5.41) is 16.7. The molecule has 2 N–H and O–H groups in total. The Morgan fingerprint density at radius 1 is 1.15 bits per heavy atom. The maximum atomic E-state index is 12.6. The summed E-state index contributed by atoms with van der Waals surface area (Å²) in [6.07, 6.45) is 8.04. The van der Waals surface area contributed by atoms with E-state index in [1.165, 1.54) is 25.3 Å². The number of anilines is 1. The van der Waals surface area contributed by atoms with Crippen molar-refractivity contribution in [1.82, 2.24) is 5.32 Å². The Morgan fingerprint density at radius 2 is 1.73 bits per heavy atom. The molecule has 4 bridgehead atoms. The number of benzene rings is 1. The van der Waals surface area contributed by atoms with Gasteiger partial charge in [-0.25, -0.2) is 0 Å². The van der Waals surface area contributed by atoms with Gasteiger partial charge in [-0.15, -0.1) is 0 Å². The van der Waals surface area contributed by atoms with E-state index in [1.807, 2.05) is 0 Å². The van der Waals surface area contributed by atoms with Crippen molar-refractivity contribution in [2.45, 2.75) is 44.9 Å². The van der Waals surface area contributed by atoms with Crippen LogP contribution in [0.25, 0.3) is 0 Å². The maximum Gasteiger partial charge on any atom is 0.292 e. The molecule has 4 aliphatic carbocycles. The predicted molar refractivity (Wildman–Crippen MR) is 103 cm³/mol. The highest BCUT2D eigenvalue weighted by atomic mass is 32.1. The monoisotopic (exact) mass is 373 g/mol. The third-order valence-corrected chi connectivity index (χ3v) is 6.51. The van der Waals surface area contributed by atoms with E-state index in [9.17, 15) is 14.9 Å². The van der Waals surface area contributed by atoms with Gasteiger partial charge in [0.15, 0.2) is 5.11 Å². The van der Waals surface area contributed by atoms with Gasteiger partial charge in [-0.3, -0.25) is 14.9 Å². The van der Waals surface area contributed by atoms with Crippen LogP contribution in [0.1, 0.15) is 44.9 Å². The minimum absolute atomic E-state index is 0.0646. The number of hydrogen-bond donors (Lipinski definition) is 2. The summed E-state index contributed by atoms with van der Waals surface area (Å²) in [6, 6.07) is 6.27. The number of para-hydroxylation sites is 2. The molecule has 6 nitrogen and oxygen atoms in total. The third-order valence-electron chi connectivity index (χ3n) is 6.30. The molecule has 0 radical (unpaired) electrons. The molecule has 138 valence electrons. The Balaban J connectivity index is 1.37. The zero-order chi connectivity index (χ0) is 18.3. The molecular weight excluding hydrogens is 350 g/mol. The van der Waals surface area contributed by atoms with Crippen LogP contribution in [0.3, 0.4) is 0 Å². The van der Waals surface area contributed by atoms with Crippen molar-refractivity contribution in [3.8, 4) is 0 Å². The minimum atomic E-state index is -0.470. The molecule has 1 aromatic rings. The molecule has 1 amide bonds. The lowest BCUT2D eigenvalue weighted by atomic mass is 9.49. The van der Waals surface area contributed by atoms with Crippen LogP contribution >= 0.6 is 12.2 Å². The van der Waals surface area contributed by atoms with Gasteiger partial charge in [0.2, 0.25) is 5.91 Å². The Hall–Kier alpha value is -2.02. The van der Waals surface area contributed by atoms with E-state index in [0.717, 1.165) is 37.0 Å². The highest BCUT2D eigenvalue weighted by Crippen LogP contribution is 2.61. The molecule has 0 saturated heterocycles. The number of carbonyl (C=O) groups is 1. The van der Waals surface area contributed by atoms with Gasteiger partial charge >= 0.3 is 0 Å². The van der Waals surface area contributed by atoms with Gasteiger partial charge < -0.3 is 10.6 Å². The van der Waals surface area contributed by atoms with Crippen LogP contribution in [0.4, 0.5) is 11.4 Å². The lowest BCUT2D eigenvalue weighted by Crippen LogP contribution is -2.48. The van der Waals surface area contributed by atoms with Crippen LogP contribution in [0.15, 0.2) is 24.3 Å². The summed E-state index contributed by atoms with van der Waals surface area (Å²) < 4.78 is 0. The molecule has 4 aliphatic rings. The summed E-state index contributed by atoms with van der Waals surface area (Å²) in [4.78, 5) is 23.2. The average molecular weight is 373 g/mol. The summed E-state index contributed by atoms with van der Waals surface area (Å²) in [6.45, 7) is 0. The third kappa shape index (κ3) is 3.45. The Morgan fingerprint density at radius 3 is 2.31 bits per heavy atom. The molecule has 0 heterocycles. The average Bonchev–Trinajstić information content (AvgIpc) is 2.52. The van der Waals surface area contributed by atoms with E-state index in [0.29, 0.717) is 6.42 Å². The largest absolute Gasteiger partial charge is 0.327 e. The van der Waals surface area contributed by atoms with Gasteiger partial charge in [-0.1, -0.05) is 12.1 Å². The fraction of sp³-hybridized carbons (Fsp3) is 0.579. The van der Waals surface area contributed by atoms with E-state index in [4.69, 9.17) is 12.2 Å². The highest BCUT2D eigenvalue weighted by molar-refractivity contribution is 7.80. The van der Waals surface area contributed by atoms with Gasteiger partial charge in [0.05, 0.1) is 4.92 Å². The number of nitrogens with one attached hydrogen (secondary N) is 2. The first-order chi connectivity index (χ1) is 12.4. The van der Waals surface area contributed by atoms with Crippen molar-refractivity contribution in [3.63, 3.8) is 0 Å². The Labute approximate surface area is 157 Å². The zero-order valence-corrected chi connectivity index (χ0v) is 15.4. The highest BCUT2D eigenvalue weighted by Gasteiger charge is 2.51. The summed E-state index contributed by atoms with van der Waals surface area (Å²) in [5.74, 6) is 2.31. The molecule has 4 saturated carbocycles. The molecule has 4 fully saturated rings. The van der Waals surface area contributed by atoms with Crippen LogP contribution in [-0.2, 0) is 4.79 Å². The van der Waals surface area contributed by atoms with Crippen molar-refractivity contribution in [3.05, 3.63) is 34.4 Å². The summed E-state index contributed by atoms with van der Waals surface area (Å²) in [5.41, 5.74) is 0.371. The molecule has 0 unspecified atom stereocenters. The van der Waals surface area contributed by atoms with Crippen LogP contribution in [0.2, 0.25) is 0 Å². The number of rotatable bonds is 4. The fourth-order valence-electron chi connectivity index (χ4n) is 5.91. The van der Waals surface area contributed by atoms with E-state index in [2.05, 4.69) is 10.6 Å². The molecule has 26 heavy (non-hydrogen) atoms. The van der Waals surface area contributed by atoms with Crippen LogP contribution < -0.4 is 10.6 Å². The van der Waals surface area contributed by atoms with E-state index in [1.54, 1.807) is 18.2 Å². The van der Waals surface area contributed by atoms with Crippen molar-refractivity contribution in [2.75, 3.05) is 5.32 Å². The molecule has 0 spiro atoms. The maximum absolute atomic E-state index is 12.6. The Bertz CT molecular complexity index is 729. The van der Waals surface area contributed by atoms with Crippen molar-refractivity contribution < 1.29 is 9.72 Å². The number of nitro groups is 1.